The van der Waals surface area contributed by atoms with Crippen LogP contribution in [0.1, 0.15) is 57.7 Å². The van der Waals surface area contributed by atoms with Crippen LogP contribution in [0, 0.1) is 0 Å². The van der Waals surface area contributed by atoms with E-state index in [1.807, 2.05) is 6.92 Å². The Bertz CT molecular complexity index is 369. The maximum atomic E-state index is 6.38. The molecule has 0 aliphatic rings. The largest absolute Gasteiger partial charge is 0.379 e. The van der Waals surface area contributed by atoms with Gasteiger partial charge in [-0.1, -0.05) is 13.8 Å². The van der Waals surface area contributed by atoms with Crippen molar-refractivity contribution in [3.8, 4) is 0 Å². The molecular formula is C13H24N2OS. The highest BCUT2D eigenvalue weighted by Crippen LogP contribution is 2.32. The standard InChI is InChI=1S/C13H24N2OS/c1-9(2)10-7-17-11(15-10)13(5,14)8-12(3,4)16-6/h7,9H,8,14H2,1-6H3. The minimum atomic E-state index is -0.433. The molecule has 0 radical (unpaired) electrons. The SMILES string of the molecule is COC(C)(C)CC(C)(N)c1nc(C(C)C)cs1. The second-order valence-electron chi connectivity index (χ2n) is 5.79. The first-order valence-corrected chi connectivity index (χ1v) is 6.86. The van der Waals surface area contributed by atoms with E-state index in [1.54, 1.807) is 18.4 Å². The Kier molecular flexibility index (Phi) is 4.33. The van der Waals surface area contributed by atoms with Crippen LogP contribution in [0.5, 0.6) is 0 Å². The van der Waals surface area contributed by atoms with Gasteiger partial charge in [0.15, 0.2) is 0 Å². The highest BCUT2D eigenvalue weighted by Gasteiger charge is 2.33. The maximum absolute atomic E-state index is 6.38. The molecule has 1 aromatic rings. The van der Waals surface area contributed by atoms with Gasteiger partial charge in [-0.2, -0.15) is 0 Å². The Morgan fingerprint density at radius 2 is 2.00 bits per heavy atom. The summed E-state index contributed by atoms with van der Waals surface area (Å²) < 4.78 is 5.45. The summed E-state index contributed by atoms with van der Waals surface area (Å²) in [6, 6.07) is 0. The van der Waals surface area contributed by atoms with Crippen molar-refractivity contribution >= 4 is 11.3 Å². The van der Waals surface area contributed by atoms with Gasteiger partial charge in [-0.3, -0.25) is 0 Å². The smallest absolute Gasteiger partial charge is 0.113 e. The predicted octanol–water partition coefficient (Wildman–Crippen LogP) is 3.26. The first-order valence-electron chi connectivity index (χ1n) is 5.98. The maximum Gasteiger partial charge on any atom is 0.113 e. The normalized spacial score (nSPS) is 16.2. The molecule has 1 aromatic heterocycles. The zero-order valence-electron chi connectivity index (χ0n) is 11.7. The van der Waals surface area contributed by atoms with Crippen LogP contribution in [-0.2, 0) is 10.3 Å². The monoisotopic (exact) mass is 256 g/mol. The number of ether oxygens (including phenoxy) is 1. The summed E-state index contributed by atoms with van der Waals surface area (Å²) in [5.41, 5.74) is 6.84. The minimum Gasteiger partial charge on any atom is -0.379 e. The van der Waals surface area contributed by atoms with Gasteiger partial charge in [-0.25, -0.2) is 4.98 Å². The first kappa shape index (κ1) is 14.6. The van der Waals surface area contributed by atoms with E-state index in [2.05, 4.69) is 38.1 Å². The van der Waals surface area contributed by atoms with Gasteiger partial charge in [0.25, 0.3) is 0 Å². The van der Waals surface area contributed by atoms with Crippen LogP contribution in [0.25, 0.3) is 0 Å². The molecule has 0 saturated heterocycles. The molecule has 0 saturated carbocycles. The molecule has 0 aromatic carbocycles. The highest BCUT2D eigenvalue weighted by atomic mass is 32.1. The molecule has 0 fully saturated rings. The molecule has 1 unspecified atom stereocenters. The second-order valence-corrected chi connectivity index (χ2v) is 6.65. The van der Waals surface area contributed by atoms with Crippen LogP contribution in [0.3, 0.4) is 0 Å². The number of hydrogen-bond donors (Lipinski definition) is 1. The van der Waals surface area contributed by atoms with E-state index in [-0.39, 0.29) is 5.60 Å². The van der Waals surface area contributed by atoms with Crippen LogP contribution in [0.2, 0.25) is 0 Å². The molecule has 98 valence electrons. The molecule has 1 heterocycles. The molecule has 3 nitrogen and oxygen atoms in total. The highest BCUT2D eigenvalue weighted by molar-refractivity contribution is 7.09. The third-order valence-electron chi connectivity index (χ3n) is 2.95. The zero-order valence-corrected chi connectivity index (χ0v) is 12.5. The molecule has 0 spiro atoms. The quantitative estimate of drug-likeness (QED) is 0.879. The van der Waals surface area contributed by atoms with Crippen molar-refractivity contribution in [3.05, 3.63) is 16.1 Å². The zero-order chi connectivity index (χ0) is 13.3. The van der Waals surface area contributed by atoms with Crippen LogP contribution >= 0.6 is 11.3 Å². The fraction of sp³-hybridized carbons (Fsp3) is 0.769. The van der Waals surface area contributed by atoms with Gasteiger partial charge in [0.2, 0.25) is 0 Å². The molecule has 4 heteroatoms. The summed E-state index contributed by atoms with van der Waals surface area (Å²) in [5.74, 6) is 0.450. The van der Waals surface area contributed by atoms with Crippen LogP contribution in [-0.4, -0.2) is 17.7 Å². The van der Waals surface area contributed by atoms with Gasteiger partial charge in [-0.15, -0.1) is 11.3 Å². The predicted molar refractivity (Wildman–Crippen MR) is 73.4 cm³/mol. The fourth-order valence-electron chi connectivity index (χ4n) is 1.85. The topological polar surface area (TPSA) is 48.1 Å². The van der Waals surface area contributed by atoms with E-state index in [4.69, 9.17) is 10.5 Å². The van der Waals surface area contributed by atoms with Gasteiger partial charge >= 0.3 is 0 Å². The Labute approximate surface area is 108 Å². The van der Waals surface area contributed by atoms with Crippen molar-refractivity contribution in [2.24, 2.45) is 5.73 Å². The molecule has 0 bridgehead atoms. The summed E-state index contributed by atoms with van der Waals surface area (Å²) in [6.07, 6.45) is 0.752. The van der Waals surface area contributed by atoms with Crippen LogP contribution in [0.15, 0.2) is 5.38 Å². The van der Waals surface area contributed by atoms with E-state index < -0.39 is 5.54 Å². The van der Waals surface area contributed by atoms with Crippen LogP contribution in [0.4, 0.5) is 0 Å². The van der Waals surface area contributed by atoms with E-state index in [0.717, 1.165) is 17.1 Å². The lowest BCUT2D eigenvalue weighted by Gasteiger charge is -2.32. The van der Waals surface area contributed by atoms with Gasteiger partial charge < -0.3 is 10.5 Å². The number of rotatable bonds is 5. The fourth-order valence-corrected chi connectivity index (χ4v) is 2.90. The van der Waals surface area contributed by atoms with Crippen molar-refractivity contribution < 1.29 is 4.74 Å². The molecule has 1 rings (SSSR count). The molecule has 17 heavy (non-hydrogen) atoms. The van der Waals surface area contributed by atoms with E-state index in [0.29, 0.717) is 5.92 Å². The van der Waals surface area contributed by atoms with Crippen molar-refractivity contribution in [1.82, 2.24) is 4.98 Å². The lowest BCUT2D eigenvalue weighted by molar-refractivity contribution is -0.00149. The number of aromatic nitrogens is 1. The van der Waals surface area contributed by atoms with Crippen molar-refractivity contribution in [3.63, 3.8) is 0 Å². The Morgan fingerprint density at radius 3 is 2.41 bits per heavy atom. The number of nitrogens with two attached hydrogens (primary N) is 1. The Balaban J connectivity index is 2.89. The van der Waals surface area contributed by atoms with Gasteiger partial charge in [0.1, 0.15) is 5.01 Å². The summed E-state index contributed by atoms with van der Waals surface area (Å²) in [7, 11) is 1.72. The molecule has 1 atom stereocenters. The van der Waals surface area contributed by atoms with Gasteiger partial charge in [0, 0.05) is 18.9 Å². The summed E-state index contributed by atoms with van der Waals surface area (Å²) in [4.78, 5) is 4.64. The van der Waals surface area contributed by atoms with E-state index in [1.165, 1.54) is 0 Å². The molecule has 0 aliphatic heterocycles. The second kappa shape index (κ2) is 5.04. The number of nitrogens with zero attached hydrogens (tertiary/aromatic N) is 1. The van der Waals surface area contributed by atoms with Crippen molar-refractivity contribution in [2.75, 3.05) is 7.11 Å². The lowest BCUT2D eigenvalue weighted by Crippen LogP contribution is -2.41. The first-order chi connectivity index (χ1) is 7.68. The Hall–Kier alpha value is -0.450. The van der Waals surface area contributed by atoms with E-state index in [9.17, 15) is 0 Å². The van der Waals surface area contributed by atoms with Crippen molar-refractivity contribution in [2.45, 2.75) is 58.1 Å². The average molecular weight is 256 g/mol. The Morgan fingerprint density at radius 1 is 1.41 bits per heavy atom. The number of thiazole rings is 1. The average Bonchev–Trinajstić information content (AvgIpc) is 2.65. The summed E-state index contributed by atoms with van der Waals surface area (Å²) >= 11 is 1.64. The molecule has 0 aliphatic carbocycles. The number of hydrogen-bond acceptors (Lipinski definition) is 4. The van der Waals surface area contributed by atoms with Gasteiger partial charge in [0.05, 0.1) is 16.8 Å². The van der Waals surface area contributed by atoms with Crippen molar-refractivity contribution in [1.29, 1.82) is 0 Å². The lowest BCUT2D eigenvalue weighted by atomic mass is 9.89. The minimum absolute atomic E-state index is 0.229. The third-order valence-corrected chi connectivity index (χ3v) is 4.09. The van der Waals surface area contributed by atoms with E-state index >= 15 is 0 Å². The summed E-state index contributed by atoms with van der Waals surface area (Å²) in [5, 5.41) is 3.09. The molecular weight excluding hydrogens is 232 g/mol. The molecule has 2 N–H and O–H groups in total. The summed E-state index contributed by atoms with van der Waals surface area (Å²) in [6.45, 7) is 10.4. The third kappa shape index (κ3) is 3.76. The van der Waals surface area contributed by atoms with Crippen LogP contribution < -0.4 is 5.73 Å². The number of methoxy groups -OCH3 is 1. The molecule has 0 amide bonds. The van der Waals surface area contributed by atoms with Gasteiger partial charge in [-0.05, 0) is 26.7 Å².